The molecule has 0 atom stereocenters. The minimum atomic E-state index is -4.25. The molecule has 3 nitrogen and oxygen atoms in total. The summed E-state index contributed by atoms with van der Waals surface area (Å²) in [5.74, 6) is -2.14. The first-order valence-electron chi connectivity index (χ1n) is 6.56. The van der Waals surface area contributed by atoms with Crippen LogP contribution in [0.1, 0.15) is 12.0 Å². The van der Waals surface area contributed by atoms with E-state index < -0.39 is 26.6 Å². The highest BCUT2D eigenvalue weighted by atomic mass is 32.2. The van der Waals surface area contributed by atoms with Gasteiger partial charge in [-0.25, -0.2) is 17.2 Å². The molecule has 0 amide bonds. The average Bonchev–Trinajstić information content (AvgIpc) is 2.46. The van der Waals surface area contributed by atoms with E-state index >= 15 is 0 Å². The van der Waals surface area contributed by atoms with Crippen molar-refractivity contribution in [2.75, 3.05) is 10.8 Å². The van der Waals surface area contributed by atoms with E-state index in [1.165, 1.54) is 0 Å². The largest absolute Gasteiger partial charge is 0.270 e. The van der Waals surface area contributed by atoms with E-state index in [-0.39, 0.29) is 6.54 Å². The number of para-hydroxylation sites is 1. The maximum Gasteiger partial charge on any atom is 0.270 e. The highest BCUT2D eigenvalue weighted by Gasteiger charge is 2.33. The average molecular weight is 309 g/mol. The van der Waals surface area contributed by atoms with Gasteiger partial charge in [0.2, 0.25) is 0 Å². The van der Waals surface area contributed by atoms with Crippen LogP contribution in [0, 0.1) is 11.6 Å². The predicted octanol–water partition coefficient (Wildman–Crippen LogP) is 3.11. The second-order valence-electron chi connectivity index (χ2n) is 4.86. The Morgan fingerprint density at radius 1 is 0.952 bits per heavy atom. The highest BCUT2D eigenvalue weighted by Crippen LogP contribution is 2.33. The van der Waals surface area contributed by atoms with Crippen LogP contribution in [0.2, 0.25) is 0 Å². The lowest BCUT2D eigenvalue weighted by Crippen LogP contribution is -2.36. The number of hydrogen-bond donors (Lipinski definition) is 0. The Labute approximate surface area is 121 Å². The van der Waals surface area contributed by atoms with Gasteiger partial charge in [-0.15, -0.1) is 0 Å². The number of nitrogens with zero attached hydrogens (tertiary/aromatic N) is 1. The Bertz CT molecular complexity index is 770. The molecule has 0 N–H and O–H groups in total. The molecule has 6 heteroatoms. The molecule has 0 bridgehead atoms. The van der Waals surface area contributed by atoms with Crippen LogP contribution in [-0.2, 0) is 16.4 Å². The van der Waals surface area contributed by atoms with Gasteiger partial charge in [0.15, 0.2) is 4.90 Å². The lowest BCUT2D eigenvalue weighted by Gasteiger charge is -2.30. The van der Waals surface area contributed by atoms with Crippen molar-refractivity contribution in [1.82, 2.24) is 0 Å². The molecule has 1 heterocycles. The molecule has 2 aromatic carbocycles. The van der Waals surface area contributed by atoms with Crippen molar-refractivity contribution in [1.29, 1.82) is 0 Å². The predicted molar refractivity (Wildman–Crippen MR) is 75.7 cm³/mol. The Morgan fingerprint density at radius 2 is 1.62 bits per heavy atom. The number of rotatable bonds is 2. The molecule has 2 aromatic rings. The molecule has 1 aliphatic heterocycles. The first-order chi connectivity index (χ1) is 10.0. The summed E-state index contributed by atoms with van der Waals surface area (Å²) in [4.78, 5) is -0.887. The van der Waals surface area contributed by atoms with Crippen molar-refractivity contribution in [3.63, 3.8) is 0 Å². The zero-order chi connectivity index (χ0) is 15.0. The Kier molecular flexibility index (Phi) is 3.41. The first kappa shape index (κ1) is 14.0. The normalized spacial score (nSPS) is 14.9. The van der Waals surface area contributed by atoms with Crippen LogP contribution in [-0.4, -0.2) is 15.0 Å². The summed E-state index contributed by atoms with van der Waals surface area (Å²) in [6, 6.07) is 10.1. The van der Waals surface area contributed by atoms with E-state index in [2.05, 4.69) is 0 Å². The van der Waals surface area contributed by atoms with Crippen LogP contribution >= 0.6 is 0 Å². The van der Waals surface area contributed by atoms with Gasteiger partial charge in [0, 0.05) is 6.54 Å². The maximum absolute atomic E-state index is 13.8. The van der Waals surface area contributed by atoms with Gasteiger partial charge in [-0.3, -0.25) is 4.31 Å². The molecule has 0 aliphatic carbocycles. The number of benzene rings is 2. The fourth-order valence-electron chi connectivity index (χ4n) is 2.59. The van der Waals surface area contributed by atoms with Gasteiger partial charge >= 0.3 is 0 Å². The van der Waals surface area contributed by atoms with Gasteiger partial charge in [0.1, 0.15) is 11.6 Å². The Balaban J connectivity index is 2.17. The van der Waals surface area contributed by atoms with Crippen LogP contribution < -0.4 is 4.31 Å². The quantitative estimate of drug-likeness (QED) is 0.855. The van der Waals surface area contributed by atoms with Crippen LogP contribution in [0.5, 0.6) is 0 Å². The van der Waals surface area contributed by atoms with Crippen LogP contribution in [0.3, 0.4) is 0 Å². The SMILES string of the molecule is O=S(=O)(c1c(F)cccc1F)N1CCCc2ccccc21. The van der Waals surface area contributed by atoms with Crippen LogP contribution in [0.4, 0.5) is 14.5 Å². The van der Waals surface area contributed by atoms with Crippen molar-refractivity contribution >= 4 is 15.7 Å². The lowest BCUT2D eigenvalue weighted by molar-refractivity contribution is 0.516. The van der Waals surface area contributed by atoms with E-state index in [4.69, 9.17) is 0 Å². The fraction of sp³-hybridized carbons (Fsp3) is 0.200. The Morgan fingerprint density at radius 3 is 2.33 bits per heavy atom. The van der Waals surface area contributed by atoms with Crippen molar-refractivity contribution in [2.24, 2.45) is 0 Å². The summed E-state index contributed by atoms with van der Waals surface area (Å²) < 4.78 is 54.0. The molecule has 0 fully saturated rings. The number of fused-ring (bicyclic) bond motifs is 1. The summed E-state index contributed by atoms with van der Waals surface area (Å²) in [5.41, 5.74) is 1.36. The third kappa shape index (κ3) is 2.29. The fourth-order valence-corrected chi connectivity index (χ4v) is 4.24. The molecule has 21 heavy (non-hydrogen) atoms. The van der Waals surface area contributed by atoms with Crippen LogP contribution in [0.25, 0.3) is 0 Å². The molecule has 1 aliphatic rings. The van der Waals surface area contributed by atoms with E-state index in [9.17, 15) is 17.2 Å². The van der Waals surface area contributed by atoms with Crippen LogP contribution in [0.15, 0.2) is 47.4 Å². The van der Waals surface area contributed by atoms with Gasteiger partial charge in [-0.2, -0.15) is 0 Å². The monoisotopic (exact) mass is 309 g/mol. The number of sulfonamides is 1. The molecule has 0 saturated heterocycles. The van der Waals surface area contributed by atoms with Gasteiger partial charge in [0.25, 0.3) is 10.0 Å². The molecular weight excluding hydrogens is 296 g/mol. The minimum Gasteiger partial charge on any atom is -0.266 e. The van der Waals surface area contributed by atoms with E-state index in [1.54, 1.807) is 12.1 Å². The van der Waals surface area contributed by atoms with Gasteiger partial charge in [-0.05, 0) is 36.6 Å². The second-order valence-corrected chi connectivity index (χ2v) is 6.66. The van der Waals surface area contributed by atoms with Gasteiger partial charge < -0.3 is 0 Å². The third-order valence-corrected chi connectivity index (χ3v) is 5.40. The Hall–Kier alpha value is -1.95. The minimum absolute atomic E-state index is 0.215. The zero-order valence-electron chi connectivity index (χ0n) is 11.1. The maximum atomic E-state index is 13.8. The van der Waals surface area contributed by atoms with Crippen molar-refractivity contribution in [3.8, 4) is 0 Å². The number of hydrogen-bond acceptors (Lipinski definition) is 2. The van der Waals surface area contributed by atoms with Crippen molar-refractivity contribution in [2.45, 2.75) is 17.7 Å². The standard InChI is InChI=1S/C15H13F2NO2S/c16-12-7-3-8-13(17)15(12)21(19,20)18-10-4-6-11-5-1-2-9-14(11)18/h1-3,5,7-9H,4,6,10H2. The van der Waals surface area contributed by atoms with E-state index in [0.29, 0.717) is 12.1 Å². The topological polar surface area (TPSA) is 37.4 Å². The molecule has 0 saturated carbocycles. The number of halogens is 2. The number of aryl methyl sites for hydroxylation is 1. The summed E-state index contributed by atoms with van der Waals surface area (Å²) in [7, 11) is -4.25. The zero-order valence-corrected chi connectivity index (χ0v) is 11.9. The molecular formula is C15H13F2NO2S. The third-order valence-electron chi connectivity index (χ3n) is 3.53. The number of anilines is 1. The van der Waals surface area contributed by atoms with E-state index in [0.717, 1.165) is 34.5 Å². The lowest BCUT2D eigenvalue weighted by atomic mass is 10.0. The molecule has 0 radical (unpaired) electrons. The highest BCUT2D eigenvalue weighted by molar-refractivity contribution is 7.92. The van der Waals surface area contributed by atoms with Crippen molar-refractivity contribution < 1.29 is 17.2 Å². The van der Waals surface area contributed by atoms with E-state index in [1.807, 2.05) is 12.1 Å². The van der Waals surface area contributed by atoms with Gasteiger partial charge in [-0.1, -0.05) is 24.3 Å². The second kappa shape index (κ2) is 5.11. The summed E-state index contributed by atoms with van der Waals surface area (Å²) >= 11 is 0. The van der Waals surface area contributed by atoms with Crippen molar-refractivity contribution in [3.05, 3.63) is 59.7 Å². The molecule has 3 rings (SSSR count). The summed E-state index contributed by atoms with van der Waals surface area (Å²) in [6.07, 6.45) is 1.37. The molecule has 0 unspecified atom stereocenters. The molecule has 0 aromatic heterocycles. The summed E-state index contributed by atoms with van der Waals surface area (Å²) in [5, 5.41) is 0. The first-order valence-corrected chi connectivity index (χ1v) is 8.00. The molecule has 110 valence electrons. The van der Waals surface area contributed by atoms with Gasteiger partial charge in [0.05, 0.1) is 5.69 Å². The summed E-state index contributed by atoms with van der Waals surface area (Å²) in [6.45, 7) is 0.215. The molecule has 0 spiro atoms. The smallest absolute Gasteiger partial charge is 0.266 e.